The minimum Gasteiger partial charge on any atom is -0.381 e. The summed E-state index contributed by atoms with van der Waals surface area (Å²) in [5, 5.41) is 3.49. The van der Waals surface area contributed by atoms with E-state index in [2.05, 4.69) is 10.0 Å². The largest absolute Gasteiger partial charge is 0.381 e. The van der Waals surface area contributed by atoms with Crippen LogP contribution in [0, 0.1) is 0 Å². The van der Waals surface area contributed by atoms with Crippen molar-refractivity contribution in [3.8, 4) is 0 Å². The number of anilines is 2. The normalized spacial score (nSPS) is 19.9. The first-order valence-corrected chi connectivity index (χ1v) is 9.34. The molecule has 0 saturated carbocycles. The van der Waals surface area contributed by atoms with Crippen molar-refractivity contribution in [3.05, 3.63) is 24.3 Å². The maximum atomic E-state index is 11.4. The third kappa shape index (κ3) is 4.62. The number of sulfonamides is 1. The van der Waals surface area contributed by atoms with Crippen LogP contribution in [0.4, 0.5) is 11.4 Å². The SMILES string of the molecule is CCS(=O)(=O)Nc1ccc(NC2CCCSC2)cc1. The number of nitrogens with one attached hydrogen (secondary N) is 2. The van der Waals surface area contributed by atoms with E-state index in [9.17, 15) is 8.42 Å². The molecule has 6 heteroatoms. The Morgan fingerprint density at radius 3 is 2.53 bits per heavy atom. The van der Waals surface area contributed by atoms with Gasteiger partial charge in [0.1, 0.15) is 0 Å². The van der Waals surface area contributed by atoms with Gasteiger partial charge in [-0.1, -0.05) is 0 Å². The van der Waals surface area contributed by atoms with Crippen molar-refractivity contribution in [2.45, 2.75) is 25.8 Å². The first-order valence-electron chi connectivity index (χ1n) is 6.54. The Hall–Kier alpha value is -0.880. The highest BCUT2D eigenvalue weighted by atomic mass is 32.2. The minimum absolute atomic E-state index is 0.0896. The number of hydrogen-bond acceptors (Lipinski definition) is 4. The van der Waals surface area contributed by atoms with Gasteiger partial charge in [0.05, 0.1) is 5.75 Å². The van der Waals surface area contributed by atoms with Crippen LogP contribution < -0.4 is 10.0 Å². The smallest absolute Gasteiger partial charge is 0.232 e. The standard InChI is InChI=1S/C13H20N2O2S2/c1-2-19(16,17)15-12-7-5-11(6-8-12)14-13-4-3-9-18-10-13/h5-8,13-15H,2-4,9-10H2,1H3. The molecule has 0 aliphatic carbocycles. The molecule has 1 aromatic rings. The Labute approximate surface area is 119 Å². The minimum atomic E-state index is -3.19. The molecule has 0 amide bonds. The highest BCUT2D eigenvalue weighted by molar-refractivity contribution is 7.99. The van der Waals surface area contributed by atoms with Crippen LogP contribution in [0.25, 0.3) is 0 Å². The van der Waals surface area contributed by atoms with Crippen LogP contribution in [0.2, 0.25) is 0 Å². The average Bonchev–Trinajstić information content (AvgIpc) is 2.42. The fourth-order valence-electron chi connectivity index (χ4n) is 1.98. The van der Waals surface area contributed by atoms with Gasteiger partial charge in [0.2, 0.25) is 10.0 Å². The van der Waals surface area contributed by atoms with Gasteiger partial charge in [-0.25, -0.2) is 8.42 Å². The van der Waals surface area contributed by atoms with E-state index in [1.165, 1.54) is 18.6 Å². The van der Waals surface area contributed by atoms with E-state index in [1.807, 2.05) is 23.9 Å². The molecule has 0 radical (unpaired) electrons. The topological polar surface area (TPSA) is 58.2 Å². The Bertz CT molecular complexity index is 494. The first-order chi connectivity index (χ1) is 9.09. The molecule has 1 heterocycles. The number of benzene rings is 1. The van der Waals surface area contributed by atoms with Crippen LogP contribution >= 0.6 is 11.8 Å². The Kier molecular flexibility index (Phi) is 4.99. The molecule has 19 heavy (non-hydrogen) atoms. The molecule has 1 unspecified atom stereocenters. The maximum absolute atomic E-state index is 11.4. The molecule has 1 aromatic carbocycles. The zero-order valence-electron chi connectivity index (χ0n) is 11.1. The number of thioether (sulfide) groups is 1. The predicted molar refractivity (Wildman–Crippen MR) is 83.5 cm³/mol. The Morgan fingerprint density at radius 2 is 1.95 bits per heavy atom. The fourth-order valence-corrected chi connectivity index (χ4v) is 3.69. The van der Waals surface area contributed by atoms with Crippen molar-refractivity contribution in [3.63, 3.8) is 0 Å². The number of hydrogen-bond donors (Lipinski definition) is 2. The van der Waals surface area contributed by atoms with Gasteiger partial charge in [0, 0.05) is 23.2 Å². The lowest BCUT2D eigenvalue weighted by Gasteiger charge is -2.23. The highest BCUT2D eigenvalue weighted by Crippen LogP contribution is 2.22. The molecule has 1 saturated heterocycles. The van der Waals surface area contributed by atoms with E-state index in [-0.39, 0.29) is 5.75 Å². The van der Waals surface area contributed by atoms with Crippen LogP contribution in [0.1, 0.15) is 19.8 Å². The molecule has 0 aromatic heterocycles. The summed E-state index contributed by atoms with van der Waals surface area (Å²) in [5.41, 5.74) is 1.66. The summed E-state index contributed by atoms with van der Waals surface area (Å²) < 4.78 is 25.4. The predicted octanol–water partition coefficient (Wildman–Crippen LogP) is 2.76. The van der Waals surface area contributed by atoms with Gasteiger partial charge in [0.25, 0.3) is 0 Å². The van der Waals surface area contributed by atoms with E-state index in [0.717, 1.165) is 11.4 Å². The van der Waals surface area contributed by atoms with Crippen molar-refractivity contribution in [1.82, 2.24) is 0 Å². The van der Waals surface area contributed by atoms with Gasteiger partial charge in [-0.15, -0.1) is 0 Å². The monoisotopic (exact) mass is 300 g/mol. The summed E-state index contributed by atoms with van der Waals surface area (Å²) in [6, 6.07) is 7.97. The van der Waals surface area contributed by atoms with Gasteiger partial charge in [-0.3, -0.25) is 4.72 Å². The van der Waals surface area contributed by atoms with E-state index < -0.39 is 10.0 Å². The van der Waals surface area contributed by atoms with Crippen LogP contribution in [-0.4, -0.2) is 31.7 Å². The van der Waals surface area contributed by atoms with Crippen LogP contribution in [0.3, 0.4) is 0 Å². The average molecular weight is 300 g/mol. The third-order valence-corrected chi connectivity index (χ3v) is 5.59. The van der Waals surface area contributed by atoms with Gasteiger partial charge >= 0.3 is 0 Å². The van der Waals surface area contributed by atoms with E-state index in [0.29, 0.717) is 11.7 Å². The molecule has 4 nitrogen and oxygen atoms in total. The summed E-state index contributed by atoms with van der Waals surface area (Å²) in [6.45, 7) is 1.62. The summed E-state index contributed by atoms with van der Waals surface area (Å²) in [4.78, 5) is 0. The summed E-state index contributed by atoms with van der Waals surface area (Å²) >= 11 is 1.98. The molecule has 1 atom stereocenters. The molecular weight excluding hydrogens is 280 g/mol. The fraction of sp³-hybridized carbons (Fsp3) is 0.538. The van der Waals surface area contributed by atoms with Crippen LogP contribution in [0.15, 0.2) is 24.3 Å². The zero-order valence-corrected chi connectivity index (χ0v) is 12.7. The zero-order chi connectivity index (χ0) is 13.7. The molecular formula is C13H20N2O2S2. The summed E-state index contributed by atoms with van der Waals surface area (Å²) in [5.74, 6) is 2.49. The first kappa shape index (κ1) is 14.5. The highest BCUT2D eigenvalue weighted by Gasteiger charge is 2.13. The quantitative estimate of drug-likeness (QED) is 0.878. The van der Waals surface area contributed by atoms with E-state index in [4.69, 9.17) is 0 Å². The van der Waals surface area contributed by atoms with Crippen molar-refractivity contribution in [1.29, 1.82) is 0 Å². The van der Waals surface area contributed by atoms with Crippen molar-refractivity contribution in [2.75, 3.05) is 27.3 Å². The van der Waals surface area contributed by atoms with Gasteiger partial charge in [0.15, 0.2) is 0 Å². The van der Waals surface area contributed by atoms with E-state index in [1.54, 1.807) is 19.1 Å². The van der Waals surface area contributed by atoms with Crippen LogP contribution in [-0.2, 0) is 10.0 Å². The lowest BCUT2D eigenvalue weighted by Crippen LogP contribution is -2.25. The van der Waals surface area contributed by atoms with Gasteiger partial charge in [-0.2, -0.15) is 11.8 Å². The molecule has 1 fully saturated rings. The van der Waals surface area contributed by atoms with Crippen LogP contribution in [0.5, 0.6) is 0 Å². The van der Waals surface area contributed by atoms with E-state index >= 15 is 0 Å². The molecule has 2 N–H and O–H groups in total. The molecule has 0 spiro atoms. The summed E-state index contributed by atoms with van der Waals surface area (Å²) in [7, 11) is -3.19. The third-order valence-electron chi connectivity index (χ3n) is 3.07. The summed E-state index contributed by atoms with van der Waals surface area (Å²) in [6.07, 6.45) is 2.47. The second kappa shape index (κ2) is 6.52. The molecule has 1 aliphatic heterocycles. The molecule has 1 aliphatic rings. The second-order valence-electron chi connectivity index (χ2n) is 4.64. The molecule has 0 bridgehead atoms. The van der Waals surface area contributed by atoms with Crippen molar-refractivity contribution >= 4 is 33.2 Å². The lowest BCUT2D eigenvalue weighted by atomic mass is 10.1. The van der Waals surface area contributed by atoms with Crippen molar-refractivity contribution < 1.29 is 8.42 Å². The Morgan fingerprint density at radius 1 is 1.26 bits per heavy atom. The van der Waals surface area contributed by atoms with Gasteiger partial charge < -0.3 is 5.32 Å². The van der Waals surface area contributed by atoms with Crippen molar-refractivity contribution in [2.24, 2.45) is 0 Å². The lowest BCUT2D eigenvalue weighted by molar-refractivity contribution is 0.602. The maximum Gasteiger partial charge on any atom is 0.232 e. The Balaban J connectivity index is 1.94. The number of rotatable bonds is 5. The second-order valence-corrected chi connectivity index (χ2v) is 7.80. The van der Waals surface area contributed by atoms with Gasteiger partial charge in [-0.05, 0) is 49.8 Å². The molecule has 2 rings (SSSR count). The molecule has 106 valence electrons.